The van der Waals surface area contributed by atoms with E-state index in [1.807, 2.05) is 36.9 Å². The van der Waals surface area contributed by atoms with Gasteiger partial charge in [-0.05, 0) is 37.8 Å². The van der Waals surface area contributed by atoms with Crippen molar-refractivity contribution in [2.45, 2.75) is 32.8 Å². The van der Waals surface area contributed by atoms with Crippen molar-refractivity contribution < 1.29 is 19.2 Å². The van der Waals surface area contributed by atoms with Crippen molar-refractivity contribution in [1.82, 2.24) is 4.90 Å². The van der Waals surface area contributed by atoms with Crippen molar-refractivity contribution in [2.24, 2.45) is 0 Å². The Morgan fingerprint density at radius 2 is 1.92 bits per heavy atom. The lowest BCUT2D eigenvalue weighted by atomic mass is 10.1. The summed E-state index contributed by atoms with van der Waals surface area (Å²) in [6, 6.07) is 6.01. The Morgan fingerprint density at radius 3 is 2.52 bits per heavy atom. The molecule has 25 heavy (non-hydrogen) atoms. The third-order valence-electron chi connectivity index (χ3n) is 5.14. The lowest BCUT2D eigenvalue weighted by molar-refractivity contribution is -0.895. The molecule has 1 atom stereocenters. The average Bonchev–Trinajstić information content (AvgIpc) is 3.13. The van der Waals surface area contributed by atoms with Gasteiger partial charge in [-0.1, -0.05) is 18.2 Å². The Labute approximate surface area is 149 Å². The number of quaternary nitrogens is 1. The highest BCUT2D eigenvalue weighted by atomic mass is 16.5. The minimum atomic E-state index is -0.242. The molecule has 136 valence electrons. The van der Waals surface area contributed by atoms with Gasteiger partial charge in [0, 0.05) is 12.3 Å². The molecule has 2 aliphatic rings. The molecule has 0 spiro atoms. The van der Waals surface area contributed by atoms with E-state index in [-0.39, 0.29) is 17.9 Å². The van der Waals surface area contributed by atoms with E-state index in [0.29, 0.717) is 26.2 Å². The molecule has 0 unspecified atom stereocenters. The number of rotatable bonds is 4. The third kappa shape index (κ3) is 4.38. The van der Waals surface area contributed by atoms with Gasteiger partial charge in [-0.2, -0.15) is 0 Å². The number of ether oxygens (including phenoxy) is 1. The van der Waals surface area contributed by atoms with Crippen LogP contribution in [0.15, 0.2) is 18.2 Å². The zero-order chi connectivity index (χ0) is 17.8. The van der Waals surface area contributed by atoms with E-state index < -0.39 is 0 Å². The first-order valence-corrected chi connectivity index (χ1v) is 9.14. The summed E-state index contributed by atoms with van der Waals surface area (Å²) in [4.78, 5) is 27.8. The Bertz CT molecular complexity index is 613. The molecule has 6 nitrogen and oxygen atoms in total. The fourth-order valence-electron chi connectivity index (χ4n) is 3.62. The smallest absolute Gasteiger partial charge is 0.279 e. The average molecular weight is 346 g/mol. The van der Waals surface area contributed by atoms with Gasteiger partial charge in [0.1, 0.15) is 6.10 Å². The van der Waals surface area contributed by atoms with Crippen molar-refractivity contribution in [3.63, 3.8) is 0 Å². The number of piperazine rings is 1. The summed E-state index contributed by atoms with van der Waals surface area (Å²) >= 11 is 0. The molecule has 0 radical (unpaired) electrons. The van der Waals surface area contributed by atoms with Crippen LogP contribution in [0.2, 0.25) is 0 Å². The molecule has 2 fully saturated rings. The van der Waals surface area contributed by atoms with E-state index in [9.17, 15) is 9.59 Å². The highest BCUT2D eigenvalue weighted by molar-refractivity contribution is 5.93. The molecule has 6 heteroatoms. The minimum Gasteiger partial charge on any atom is -0.368 e. The highest BCUT2D eigenvalue weighted by Crippen LogP contribution is 2.19. The predicted octanol–water partition coefficient (Wildman–Crippen LogP) is 0.148. The standard InChI is InChI=1S/C19H27N3O3/c1-14-5-3-6-15(2)18(14)20-17(23)13-21-8-10-22(11-9-21)19(24)16-7-4-12-25-16/h3,5-6,16H,4,7-13H2,1-2H3,(H,20,23)/p+1/t16-/m0/s1. The maximum Gasteiger partial charge on any atom is 0.279 e. The molecule has 2 heterocycles. The normalized spacial score (nSPS) is 21.4. The van der Waals surface area contributed by atoms with E-state index in [0.717, 1.165) is 42.7 Å². The minimum absolute atomic E-state index is 0.0336. The number of anilines is 1. The quantitative estimate of drug-likeness (QED) is 0.816. The first-order chi connectivity index (χ1) is 12.0. The number of amides is 2. The molecule has 1 aromatic carbocycles. The summed E-state index contributed by atoms with van der Waals surface area (Å²) in [6.45, 7) is 8.15. The largest absolute Gasteiger partial charge is 0.368 e. The maximum absolute atomic E-state index is 12.4. The van der Waals surface area contributed by atoms with Gasteiger partial charge in [0.05, 0.1) is 26.2 Å². The molecule has 0 aliphatic carbocycles. The maximum atomic E-state index is 12.4. The second-order valence-corrected chi connectivity index (χ2v) is 7.07. The number of carbonyl (C=O) groups excluding carboxylic acids is 2. The van der Waals surface area contributed by atoms with Crippen molar-refractivity contribution in [3.05, 3.63) is 29.3 Å². The number of hydrogen-bond acceptors (Lipinski definition) is 3. The number of nitrogens with zero attached hydrogens (tertiary/aromatic N) is 1. The van der Waals surface area contributed by atoms with Crippen LogP contribution in [0.4, 0.5) is 5.69 Å². The Balaban J connectivity index is 1.47. The molecule has 0 aromatic heterocycles. The van der Waals surface area contributed by atoms with Crippen LogP contribution in [-0.2, 0) is 14.3 Å². The molecule has 1 aromatic rings. The van der Waals surface area contributed by atoms with Crippen molar-refractivity contribution in [2.75, 3.05) is 44.6 Å². The second-order valence-electron chi connectivity index (χ2n) is 7.07. The molecule has 2 aliphatic heterocycles. The monoisotopic (exact) mass is 346 g/mol. The zero-order valence-corrected chi connectivity index (χ0v) is 15.1. The Kier molecular flexibility index (Phi) is 5.71. The van der Waals surface area contributed by atoms with Crippen LogP contribution in [0.5, 0.6) is 0 Å². The number of para-hydroxylation sites is 1. The number of aryl methyl sites for hydroxylation is 2. The van der Waals surface area contributed by atoms with Crippen LogP contribution in [0.25, 0.3) is 0 Å². The van der Waals surface area contributed by atoms with Gasteiger partial charge in [0.15, 0.2) is 6.54 Å². The summed E-state index contributed by atoms with van der Waals surface area (Å²) < 4.78 is 5.49. The highest BCUT2D eigenvalue weighted by Gasteiger charge is 2.32. The van der Waals surface area contributed by atoms with Crippen molar-refractivity contribution in [3.8, 4) is 0 Å². The second kappa shape index (κ2) is 7.97. The van der Waals surface area contributed by atoms with Gasteiger partial charge in [0.25, 0.3) is 11.8 Å². The van der Waals surface area contributed by atoms with E-state index in [4.69, 9.17) is 4.74 Å². The van der Waals surface area contributed by atoms with Crippen molar-refractivity contribution >= 4 is 17.5 Å². The Hall–Kier alpha value is -1.92. The summed E-state index contributed by atoms with van der Waals surface area (Å²) in [5.41, 5.74) is 3.07. The SMILES string of the molecule is Cc1cccc(C)c1NC(=O)C[NH+]1CCN(C(=O)[C@@H]2CCCO2)CC1. The van der Waals surface area contributed by atoms with Crippen LogP contribution in [0.1, 0.15) is 24.0 Å². The number of carbonyl (C=O) groups is 2. The number of hydrogen-bond donors (Lipinski definition) is 2. The summed E-state index contributed by atoms with van der Waals surface area (Å²) in [6.07, 6.45) is 1.57. The van der Waals surface area contributed by atoms with Crippen molar-refractivity contribution in [1.29, 1.82) is 0 Å². The topological polar surface area (TPSA) is 63.1 Å². The molecule has 0 bridgehead atoms. The van der Waals surface area contributed by atoms with Gasteiger partial charge in [-0.25, -0.2) is 0 Å². The molecular formula is C19H28N3O3+. The van der Waals surface area contributed by atoms with Gasteiger partial charge in [-0.3, -0.25) is 9.59 Å². The molecule has 2 amide bonds. The van der Waals surface area contributed by atoms with E-state index in [1.54, 1.807) is 0 Å². The third-order valence-corrected chi connectivity index (χ3v) is 5.14. The summed E-state index contributed by atoms with van der Waals surface area (Å²) in [5.74, 6) is 0.155. The molecular weight excluding hydrogens is 318 g/mol. The van der Waals surface area contributed by atoms with Crippen LogP contribution < -0.4 is 10.2 Å². The molecule has 3 rings (SSSR count). The van der Waals surface area contributed by atoms with Gasteiger partial charge < -0.3 is 19.9 Å². The molecule has 0 saturated carbocycles. The molecule has 2 N–H and O–H groups in total. The predicted molar refractivity (Wildman–Crippen MR) is 95.7 cm³/mol. The lowest BCUT2D eigenvalue weighted by Crippen LogP contribution is -3.15. The zero-order valence-electron chi connectivity index (χ0n) is 15.1. The van der Waals surface area contributed by atoms with E-state index in [1.165, 1.54) is 4.90 Å². The lowest BCUT2D eigenvalue weighted by Gasteiger charge is -2.33. The Morgan fingerprint density at radius 1 is 1.24 bits per heavy atom. The molecule has 2 saturated heterocycles. The van der Waals surface area contributed by atoms with Crippen LogP contribution in [0, 0.1) is 13.8 Å². The van der Waals surface area contributed by atoms with E-state index >= 15 is 0 Å². The first-order valence-electron chi connectivity index (χ1n) is 9.14. The fraction of sp³-hybridized carbons (Fsp3) is 0.579. The van der Waals surface area contributed by atoms with E-state index in [2.05, 4.69) is 5.32 Å². The van der Waals surface area contributed by atoms with Crippen LogP contribution in [-0.4, -0.2) is 62.1 Å². The first kappa shape index (κ1) is 17.9. The fourth-order valence-corrected chi connectivity index (χ4v) is 3.62. The number of nitrogens with one attached hydrogen (secondary N) is 2. The van der Waals surface area contributed by atoms with Gasteiger partial charge >= 0.3 is 0 Å². The van der Waals surface area contributed by atoms with Gasteiger partial charge in [-0.15, -0.1) is 0 Å². The van der Waals surface area contributed by atoms with Gasteiger partial charge in [0.2, 0.25) is 0 Å². The summed E-state index contributed by atoms with van der Waals surface area (Å²) in [5, 5.41) is 3.04. The number of benzene rings is 1. The van der Waals surface area contributed by atoms with Crippen LogP contribution in [0.3, 0.4) is 0 Å². The summed E-state index contributed by atoms with van der Waals surface area (Å²) in [7, 11) is 0. The van der Waals surface area contributed by atoms with Crippen LogP contribution >= 0.6 is 0 Å².